The second-order valence-electron chi connectivity index (χ2n) is 7.79. The van der Waals surface area contributed by atoms with Crippen LogP contribution in [0.15, 0.2) is 52.9 Å². The molecule has 0 aliphatic heterocycles. The molecule has 1 aliphatic carbocycles. The topological polar surface area (TPSA) is 42.0 Å². The van der Waals surface area contributed by atoms with Crippen LogP contribution in [0.4, 0.5) is 0 Å². The van der Waals surface area contributed by atoms with Crippen LogP contribution < -0.4 is 5.32 Å². The van der Waals surface area contributed by atoms with E-state index in [0.717, 1.165) is 32.5 Å². The molecule has 5 heteroatoms. The fourth-order valence-electron chi connectivity index (χ4n) is 4.06. The summed E-state index contributed by atoms with van der Waals surface area (Å²) in [4.78, 5) is 18.9. The van der Waals surface area contributed by atoms with Crippen molar-refractivity contribution in [1.82, 2.24) is 10.3 Å². The number of nitrogens with zero attached hydrogens (tertiary/aromatic N) is 1. The molecule has 1 saturated carbocycles. The number of carbonyl (C=O) groups is 1. The third-order valence-electron chi connectivity index (χ3n) is 5.66. The molecule has 1 fully saturated rings. The van der Waals surface area contributed by atoms with Gasteiger partial charge in [-0.05, 0) is 48.1 Å². The minimum absolute atomic E-state index is 0.0357. The molecule has 0 spiro atoms. The van der Waals surface area contributed by atoms with Crippen molar-refractivity contribution in [2.75, 3.05) is 5.75 Å². The molecule has 2 aromatic heterocycles. The normalized spacial score (nSPS) is 14.9. The van der Waals surface area contributed by atoms with Crippen LogP contribution in [-0.2, 0) is 6.54 Å². The molecule has 0 bridgehead atoms. The Labute approximate surface area is 181 Å². The molecule has 1 amide bonds. The van der Waals surface area contributed by atoms with Gasteiger partial charge in [0.2, 0.25) is 0 Å². The van der Waals surface area contributed by atoms with E-state index in [1.54, 1.807) is 23.1 Å². The summed E-state index contributed by atoms with van der Waals surface area (Å²) < 4.78 is 0. The van der Waals surface area contributed by atoms with Gasteiger partial charge >= 0.3 is 0 Å². The van der Waals surface area contributed by atoms with Gasteiger partial charge in [0.1, 0.15) is 5.03 Å². The summed E-state index contributed by atoms with van der Waals surface area (Å²) in [6.45, 7) is 0.565. The molecule has 3 aromatic rings. The highest BCUT2D eigenvalue weighted by atomic mass is 32.2. The van der Waals surface area contributed by atoms with Crippen molar-refractivity contribution in [3.8, 4) is 0 Å². The first kappa shape index (κ1) is 20.4. The van der Waals surface area contributed by atoms with Gasteiger partial charge in [-0.25, -0.2) is 4.98 Å². The Hall–Kier alpha value is -1.85. The number of carbonyl (C=O) groups excluding carboxylic acids is 1. The molecule has 0 radical (unpaired) electrons. The lowest BCUT2D eigenvalue weighted by atomic mass is 9.86. The minimum atomic E-state index is -0.0357. The highest BCUT2D eigenvalue weighted by Crippen LogP contribution is 2.30. The second-order valence-corrected chi connectivity index (χ2v) is 9.91. The SMILES string of the molecule is O=C(NCc1cccs1)c1cc2ccccc2nc1SCCCC1CCCCC1. The van der Waals surface area contributed by atoms with Crippen molar-refractivity contribution < 1.29 is 4.79 Å². The first-order valence-corrected chi connectivity index (χ1v) is 12.5. The zero-order valence-electron chi connectivity index (χ0n) is 16.7. The van der Waals surface area contributed by atoms with E-state index in [0.29, 0.717) is 12.1 Å². The summed E-state index contributed by atoms with van der Waals surface area (Å²) in [5.74, 6) is 1.89. The molecule has 2 heterocycles. The lowest BCUT2D eigenvalue weighted by Crippen LogP contribution is -2.23. The summed E-state index contributed by atoms with van der Waals surface area (Å²) in [6, 6.07) is 14.1. The molecule has 4 rings (SSSR count). The molecule has 29 heavy (non-hydrogen) atoms. The number of hydrogen-bond donors (Lipinski definition) is 1. The van der Waals surface area contributed by atoms with Crippen molar-refractivity contribution >= 4 is 39.9 Å². The minimum Gasteiger partial charge on any atom is -0.347 e. The molecule has 3 nitrogen and oxygen atoms in total. The quantitative estimate of drug-likeness (QED) is 0.324. The van der Waals surface area contributed by atoms with E-state index in [1.807, 2.05) is 47.8 Å². The zero-order chi connectivity index (χ0) is 19.9. The van der Waals surface area contributed by atoms with Gasteiger partial charge in [0, 0.05) is 10.3 Å². The van der Waals surface area contributed by atoms with E-state index in [4.69, 9.17) is 4.98 Å². The van der Waals surface area contributed by atoms with E-state index in [1.165, 1.54) is 44.9 Å². The van der Waals surface area contributed by atoms with Gasteiger partial charge in [0.25, 0.3) is 5.91 Å². The lowest BCUT2D eigenvalue weighted by Gasteiger charge is -2.21. The van der Waals surface area contributed by atoms with Gasteiger partial charge < -0.3 is 5.32 Å². The van der Waals surface area contributed by atoms with Crippen LogP contribution >= 0.6 is 23.1 Å². The highest BCUT2D eigenvalue weighted by Gasteiger charge is 2.16. The Morgan fingerprint density at radius 3 is 2.83 bits per heavy atom. The van der Waals surface area contributed by atoms with Gasteiger partial charge in [-0.2, -0.15) is 0 Å². The van der Waals surface area contributed by atoms with E-state index in [2.05, 4.69) is 5.32 Å². The van der Waals surface area contributed by atoms with E-state index < -0.39 is 0 Å². The summed E-state index contributed by atoms with van der Waals surface area (Å²) in [5, 5.41) is 6.97. The number of amides is 1. The Morgan fingerprint density at radius 2 is 2.00 bits per heavy atom. The molecule has 152 valence electrons. The van der Waals surface area contributed by atoms with Crippen molar-refractivity contribution in [3.05, 3.63) is 58.3 Å². The third-order valence-corrected chi connectivity index (χ3v) is 7.61. The number of nitrogens with one attached hydrogen (secondary N) is 1. The molecular weight excluding hydrogens is 396 g/mol. The zero-order valence-corrected chi connectivity index (χ0v) is 18.4. The van der Waals surface area contributed by atoms with E-state index in [9.17, 15) is 4.79 Å². The summed E-state index contributed by atoms with van der Waals surface area (Å²) in [7, 11) is 0. The predicted molar refractivity (Wildman–Crippen MR) is 124 cm³/mol. The lowest BCUT2D eigenvalue weighted by molar-refractivity contribution is 0.0948. The fraction of sp³-hybridized carbons (Fsp3) is 0.417. The average Bonchev–Trinajstić information content (AvgIpc) is 3.29. The highest BCUT2D eigenvalue weighted by molar-refractivity contribution is 7.99. The van der Waals surface area contributed by atoms with Crippen LogP contribution in [0.3, 0.4) is 0 Å². The first-order chi connectivity index (χ1) is 14.3. The number of pyridine rings is 1. The first-order valence-electron chi connectivity index (χ1n) is 10.6. The van der Waals surface area contributed by atoms with Gasteiger partial charge in [-0.1, -0.05) is 56.4 Å². The summed E-state index contributed by atoms with van der Waals surface area (Å²) >= 11 is 3.39. The summed E-state index contributed by atoms with van der Waals surface area (Å²) in [5.41, 5.74) is 1.65. The van der Waals surface area contributed by atoms with Crippen molar-refractivity contribution in [2.45, 2.75) is 56.5 Å². The molecule has 1 N–H and O–H groups in total. The third kappa shape index (κ3) is 5.61. The maximum atomic E-state index is 12.9. The second kappa shape index (κ2) is 10.3. The molecular formula is C24H28N2OS2. The van der Waals surface area contributed by atoms with Crippen molar-refractivity contribution in [2.24, 2.45) is 5.92 Å². The largest absolute Gasteiger partial charge is 0.347 e. The monoisotopic (exact) mass is 424 g/mol. The Kier molecular flexibility index (Phi) is 7.23. The van der Waals surface area contributed by atoms with Crippen LogP contribution in [0.5, 0.6) is 0 Å². The number of benzene rings is 1. The number of fused-ring (bicyclic) bond motifs is 1. The number of hydrogen-bond acceptors (Lipinski definition) is 4. The van der Waals surface area contributed by atoms with Gasteiger partial charge in [-0.3, -0.25) is 4.79 Å². The van der Waals surface area contributed by atoms with Crippen LogP contribution in [0, 0.1) is 5.92 Å². The van der Waals surface area contributed by atoms with Crippen LogP contribution in [0.2, 0.25) is 0 Å². The molecule has 0 unspecified atom stereocenters. The Morgan fingerprint density at radius 1 is 1.14 bits per heavy atom. The number of thioether (sulfide) groups is 1. The molecule has 0 atom stereocenters. The number of aromatic nitrogens is 1. The molecule has 1 aromatic carbocycles. The van der Waals surface area contributed by atoms with Gasteiger partial charge in [0.05, 0.1) is 17.6 Å². The Balaban J connectivity index is 1.43. The summed E-state index contributed by atoms with van der Waals surface area (Å²) in [6.07, 6.45) is 9.51. The maximum Gasteiger partial charge on any atom is 0.254 e. The standard InChI is InChI=1S/C24H28N2OS2/c27-23(25-17-20-12-7-14-28-20)21-16-19-11-4-5-13-22(19)26-24(21)29-15-6-10-18-8-2-1-3-9-18/h4-5,7,11-14,16,18H,1-3,6,8-10,15,17H2,(H,25,27). The molecule has 0 saturated heterocycles. The van der Waals surface area contributed by atoms with Crippen molar-refractivity contribution in [1.29, 1.82) is 0 Å². The average molecular weight is 425 g/mol. The number of rotatable bonds is 8. The predicted octanol–water partition coefficient (Wildman–Crippen LogP) is 6.68. The van der Waals surface area contributed by atoms with Gasteiger partial charge in [0.15, 0.2) is 0 Å². The molecule has 1 aliphatic rings. The van der Waals surface area contributed by atoms with Crippen LogP contribution in [0.25, 0.3) is 10.9 Å². The van der Waals surface area contributed by atoms with Crippen molar-refractivity contribution in [3.63, 3.8) is 0 Å². The Bertz CT molecular complexity index is 933. The van der Waals surface area contributed by atoms with Gasteiger partial charge in [-0.15, -0.1) is 23.1 Å². The van der Waals surface area contributed by atoms with Crippen LogP contribution in [-0.4, -0.2) is 16.6 Å². The number of thiophene rings is 1. The fourth-order valence-corrected chi connectivity index (χ4v) is 5.68. The number of para-hydroxylation sites is 1. The van der Waals surface area contributed by atoms with Crippen LogP contribution in [0.1, 0.15) is 60.2 Å². The smallest absolute Gasteiger partial charge is 0.254 e. The van der Waals surface area contributed by atoms with E-state index >= 15 is 0 Å². The maximum absolute atomic E-state index is 12.9. The van der Waals surface area contributed by atoms with E-state index in [-0.39, 0.29) is 5.91 Å².